The second kappa shape index (κ2) is 7.59. The van der Waals surface area contributed by atoms with E-state index in [1.807, 2.05) is 30.3 Å². The lowest BCUT2D eigenvalue weighted by molar-refractivity contribution is 0.0898. The minimum Gasteiger partial charge on any atom is -0.455 e. The van der Waals surface area contributed by atoms with Gasteiger partial charge in [0.15, 0.2) is 5.76 Å². The van der Waals surface area contributed by atoms with Crippen molar-refractivity contribution in [2.75, 3.05) is 0 Å². The van der Waals surface area contributed by atoms with E-state index in [2.05, 4.69) is 5.32 Å². The van der Waals surface area contributed by atoms with Crippen LogP contribution in [0.25, 0.3) is 0 Å². The number of hydrogen-bond acceptors (Lipinski definition) is 3. The first kappa shape index (κ1) is 16.0. The van der Waals surface area contributed by atoms with E-state index in [0.717, 1.165) is 17.7 Å². The summed E-state index contributed by atoms with van der Waals surface area (Å²) in [5.74, 6) is 0.978. The molecule has 0 aliphatic heterocycles. The summed E-state index contributed by atoms with van der Waals surface area (Å²) in [5, 5.41) is 3.02. The number of nitrogens with one attached hydrogen (secondary N) is 1. The molecule has 0 radical (unpaired) electrons. The minimum absolute atomic E-state index is 0.173. The molecule has 0 unspecified atom stereocenters. The summed E-state index contributed by atoms with van der Waals surface area (Å²) in [6, 6.07) is 12.9. The first-order valence-electron chi connectivity index (χ1n) is 8.05. The maximum absolute atomic E-state index is 12.3. The molecule has 1 aliphatic carbocycles. The highest BCUT2D eigenvalue weighted by molar-refractivity contribution is 7.84. The summed E-state index contributed by atoms with van der Waals surface area (Å²) in [4.78, 5) is 13.0. The molecule has 1 aliphatic rings. The van der Waals surface area contributed by atoms with Crippen molar-refractivity contribution in [2.45, 2.75) is 48.8 Å². The van der Waals surface area contributed by atoms with Gasteiger partial charge >= 0.3 is 0 Å². The fourth-order valence-electron chi connectivity index (χ4n) is 2.87. The first-order valence-corrected chi connectivity index (χ1v) is 9.37. The third-order valence-electron chi connectivity index (χ3n) is 4.11. The molecule has 1 heterocycles. The van der Waals surface area contributed by atoms with Crippen LogP contribution in [-0.4, -0.2) is 16.2 Å². The predicted octanol–water partition coefficient (Wildman–Crippen LogP) is 3.65. The van der Waals surface area contributed by atoms with E-state index in [-0.39, 0.29) is 17.7 Å². The van der Waals surface area contributed by atoms with Crippen molar-refractivity contribution in [3.8, 4) is 0 Å². The Balaban J connectivity index is 1.59. The molecule has 2 aromatic rings. The molecule has 5 heteroatoms. The molecule has 1 amide bonds. The molecule has 1 fully saturated rings. The van der Waals surface area contributed by atoms with Crippen molar-refractivity contribution in [2.24, 2.45) is 0 Å². The molecule has 1 N–H and O–H groups in total. The van der Waals surface area contributed by atoms with Gasteiger partial charge in [0, 0.05) is 10.9 Å². The Morgan fingerprint density at radius 2 is 1.83 bits per heavy atom. The number of furan rings is 1. The maximum Gasteiger partial charge on any atom is 0.287 e. The van der Waals surface area contributed by atoms with Crippen LogP contribution in [0.1, 0.15) is 48.4 Å². The van der Waals surface area contributed by atoms with Crippen molar-refractivity contribution in [1.29, 1.82) is 0 Å². The van der Waals surface area contributed by atoms with Crippen molar-refractivity contribution < 1.29 is 13.4 Å². The lowest BCUT2D eigenvalue weighted by Gasteiger charge is -2.22. The van der Waals surface area contributed by atoms with Crippen LogP contribution < -0.4 is 5.32 Å². The van der Waals surface area contributed by atoms with Gasteiger partial charge in [-0.15, -0.1) is 0 Å². The van der Waals surface area contributed by atoms with Crippen LogP contribution >= 0.6 is 0 Å². The van der Waals surface area contributed by atoms with Crippen molar-refractivity contribution in [3.63, 3.8) is 0 Å². The van der Waals surface area contributed by atoms with E-state index in [9.17, 15) is 9.00 Å². The average Bonchev–Trinajstić information content (AvgIpc) is 3.05. The molecular formula is C18H21NO3S. The third-order valence-corrected chi connectivity index (χ3v) is 5.45. The summed E-state index contributed by atoms with van der Waals surface area (Å²) < 4.78 is 17.8. The van der Waals surface area contributed by atoms with Gasteiger partial charge in [-0.3, -0.25) is 9.00 Å². The highest BCUT2D eigenvalue weighted by Crippen LogP contribution is 2.19. The quantitative estimate of drug-likeness (QED) is 0.910. The van der Waals surface area contributed by atoms with Gasteiger partial charge in [0.05, 0.1) is 16.6 Å². The van der Waals surface area contributed by atoms with Crippen LogP contribution in [-0.2, 0) is 16.6 Å². The highest BCUT2D eigenvalue weighted by atomic mass is 32.2. The van der Waals surface area contributed by atoms with Crippen LogP contribution in [0.15, 0.2) is 51.8 Å². The van der Waals surface area contributed by atoms with E-state index in [1.54, 1.807) is 12.1 Å². The molecule has 3 rings (SSSR count). The Kier molecular flexibility index (Phi) is 5.28. The summed E-state index contributed by atoms with van der Waals surface area (Å²) >= 11 is 0. The number of benzene rings is 1. The molecule has 4 nitrogen and oxygen atoms in total. The van der Waals surface area contributed by atoms with Crippen LogP contribution in [0.4, 0.5) is 0 Å². The standard InChI is InChI=1S/C18H21NO3S/c20-18(19-14-7-3-1-4-8-14)17-12-11-15(22-17)13-23(21)16-9-5-2-6-10-16/h2,5-6,9-12,14H,1,3-4,7-8,13H2,(H,19,20)/t23-/m1/s1. The van der Waals surface area contributed by atoms with Gasteiger partial charge in [0.25, 0.3) is 5.91 Å². The number of carbonyl (C=O) groups excluding carboxylic acids is 1. The summed E-state index contributed by atoms with van der Waals surface area (Å²) in [6.07, 6.45) is 5.67. The Labute approximate surface area is 138 Å². The minimum atomic E-state index is -1.17. The molecule has 0 saturated heterocycles. The molecule has 1 aromatic heterocycles. The van der Waals surface area contributed by atoms with Gasteiger partial charge in [0.1, 0.15) is 5.76 Å². The fourth-order valence-corrected chi connectivity index (χ4v) is 3.91. The van der Waals surface area contributed by atoms with Crippen LogP contribution in [0, 0.1) is 0 Å². The van der Waals surface area contributed by atoms with Crippen LogP contribution in [0.5, 0.6) is 0 Å². The molecule has 1 saturated carbocycles. The fraction of sp³-hybridized carbons (Fsp3) is 0.389. The Bertz CT molecular complexity index is 675. The average molecular weight is 331 g/mol. The Morgan fingerprint density at radius 3 is 2.57 bits per heavy atom. The zero-order valence-electron chi connectivity index (χ0n) is 13.0. The van der Waals surface area contributed by atoms with Gasteiger partial charge < -0.3 is 9.73 Å². The molecule has 0 bridgehead atoms. The number of carbonyl (C=O) groups is 1. The lowest BCUT2D eigenvalue weighted by Crippen LogP contribution is -2.35. The SMILES string of the molecule is O=C(NC1CCCCC1)c1ccc(C[S@@](=O)c2ccccc2)o1. The smallest absolute Gasteiger partial charge is 0.287 e. The normalized spacial score (nSPS) is 16.9. The Morgan fingerprint density at radius 1 is 1.09 bits per heavy atom. The van der Waals surface area contributed by atoms with Gasteiger partial charge in [-0.05, 0) is 37.1 Å². The maximum atomic E-state index is 12.3. The number of hydrogen-bond donors (Lipinski definition) is 1. The van der Waals surface area contributed by atoms with E-state index < -0.39 is 10.8 Å². The summed E-state index contributed by atoms with van der Waals surface area (Å²) in [6.45, 7) is 0. The van der Waals surface area contributed by atoms with Crippen LogP contribution in [0.3, 0.4) is 0 Å². The molecule has 1 aromatic carbocycles. The first-order chi connectivity index (χ1) is 11.2. The zero-order valence-corrected chi connectivity index (χ0v) is 13.8. The largest absolute Gasteiger partial charge is 0.455 e. The zero-order chi connectivity index (χ0) is 16.1. The second-order valence-corrected chi connectivity index (χ2v) is 7.33. The summed E-state index contributed by atoms with van der Waals surface area (Å²) in [7, 11) is -1.17. The highest BCUT2D eigenvalue weighted by Gasteiger charge is 2.19. The Hall–Kier alpha value is -1.88. The molecule has 122 valence electrons. The van der Waals surface area contributed by atoms with Crippen molar-refractivity contribution >= 4 is 16.7 Å². The van der Waals surface area contributed by atoms with E-state index >= 15 is 0 Å². The van der Waals surface area contributed by atoms with Crippen molar-refractivity contribution in [3.05, 3.63) is 54.0 Å². The number of rotatable bonds is 5. The lowest BCUT2D eigenvalue weighted by atomic mass is 9.95. The van der Waals surface area contributed by atoms with Crippen molar-refractivity contribution in [1.82, 2.24) is 5.32 Å². The van der Waals surface area contributed by atoms with E-state index in [4.69, 9.17) is 4.42 Å². The van der Waals surface area contributed by atoms with Gasteiger partial charge in [-0.25, -0.2) is 0 Å². The second-order valence-electron chi connectivity index (χ2n) is 5.88. The monoisotopic (exact) mass is 331 g/mol. The topological polar surface area (TPSA) is 59.3 Å². The van der Waals surface area contributed by atoms with Gasteiger partial charge in [-0.2, -0.15) is 0 Å². The molecule has 23 heavy (non-hydrogen) atoms. The number of amides is 1. The van der Waals surface area contributed by atoms with E-state index in [1.165, 1.54) is 19.3 Å². The summed E-state index contributed by atoms with van der Waals surface area (Å²) in [5.41, 5.74) is 0. The van der Waals surface area contributed by atoms with E-state index in [0.29, 0.717) is 11.5 Å². The molecule has 1 atom stereocenters. The van der Waals surface area contributed by atoms with Gasteiger partial charge in [0.2, 0.25) is 0 Å². The molecule has 0 spiro atoms. The molecular weight excluding hydrogens is 310 g/mol. The predicted molar refractivity (Wildman–Crippen MR) is 89.6 cm³/mol. The van der Waals surface area contributed by atoms with Gasteiger partial charge in [-0.1, -0.05) is 37.5 Å². The van der Waals surface area contributed by atoms with Crippen LogP contribution in [0.2, 0.25) is 0 Å². The third kappa shape index (κ3) is 4.32.